The maximum atomic E-state index is 12.7. The normalized spacial score (nSPS) is 14.9. The van der Waals surface area contributed by atoms with E-state index in [2.05, 4.69) is 97.9 Å². The Labute approximate surface area is 290 Å². The van der Waals surface area contributed by atoms with Gasteiger partial charge in [-0.25, -0.2) is 19.7 Å². The van der Waals surface area contributed by atoms with E-state index in [1.807, 2.05) is 68.7 Å². The first-order chi connectivity index (χ1) is 24.4. The highest BCUT2D eigenvalue weighted by molar-refractivity contribution is 5.93. The van der Waals surface area contributed by atoms with Crippen LogP contribution in [0.2, 0.25) is 0 Å². The zero-order valence-electron chi connectivity index (χ0n) is 28.0. The van der Waals surface area contributed by atoms with E-state index in [0.29, 0.717) is 17.5 Å². The number of imidazole rings is 1. The number of para-hydroxylation sites is 1. The molecule has 1 unspecified atom stereocenters. The van der Waals surface area contributed by atoms with Gasteiger partial charge in [0.15, 0.2) is 17.5 Å². The monoisotopic (exact) mass is 647 g/mol. The van der Waals surface area contributed by atoms with Gasteiger partial charge in [-0.1, -0.05) is 133 Å². The first kappa shape index (κ1) is 29.7. The van der Waals surface area contributed by atoms with Crippen molar-refractivity contribution in [1.82, 2.24) is 24.1 Å². The Kier molecular flexibility index (Phi) is 6.74. The summed E-state index contributed by atoms with van der Waals surface area (Å²) in [5.41, 5.74) is 12.5. The lowest BCUT2D eigenvalue weighted by Gasteiger charge is -2.28. The van der Waals surface area contributed by atoms with Gasteiger partial charge in [-0.05, 0) is 52.4 Å². The molecule has 0 amide bonds. The minimum atomic E-state index is -0.274. The second kappa shape index (κ2) is 11.3. The number of hydrogen-bond donors (Lipinski definition) is 0. The molecule has 0 saturated heterocycles. The molecule has 0 saturated carbocycles. The van der Waals surface area contributed by atoms with Crippen LogP contribution < -0.4 is 5.69 Å². The number of hydrogen-bond acceptors (Lipinski definition) is 4. The fourth-order valence-electron chi connectivity index (χ4n) is 7.68. The van der Waals surface area contributed by atoms with Gasteiger partial charge < -0.3 is 0 Å². The van der Waals surface area contributed by atoms with Gasteiger partial charge in [0.1, 0.15) is 0 Å². The van der Waals surface area contributed by atoms with Gasteiger partial charge in [0.2, 0.25) is 0 Å². The number of fused-ring (bicyclic) bond motifs is 4. The molecular weight excluding hydrogens is 615 g/mol. The molecule has 6 aromatic carbocycles. The molecular formula is C44H33N5O. The SMILES string of the molecule is Cn1c(=O)n(C)c2c(-c3ccc(-c4nc(-c5ccccc5)nc(-c5ccc6c(c5)-c5ccccc5C6(C)c5ccccc5)n4)cc3)cccc21. The average Bonchev–Trinajstić information content (AvgIpc) is 3.58. The first-order valence-electron chi connectivity index (χ1n) is 16.8. The predicted molar refractivity (Wildman–Crippen MR) is 201 cm³/mol. The molecule has 8 aromatic rings. The molecule has 6 heteroatoms. The van der Waals surface area contributed by atoms with Crippen molar-refractivity contribution in [2.75, 3.05) is 0 Å². The maximum Gasteiger partial charge on any atom is 0.328 e. The van der Waals surface area contributed by atoms with Crippen molar-refractivity contribution < 1.29 is 0 Å². The van der Waals surface area contributed by atoms with Crippen molar-refractivity contribution in [3.8, 4) is 56.4 Å². The zero-order chi connectivity index (χ0) is 34.0. The van der Waals surface area contributed by atoms with E-state index < -0.39 is 0 Å². The summed E-state index contributed by atoms with van der Waals surface area (Å²) in [5.74, 6) is 1.84. The summed E-state index contributed by atoms with van der Waals surface area (Å²) in [4.78, 5) is 27.8. The second-order valence-corrected chi connectivity index (χ2v) is 13.1. The van der Waals surface area contributed by atoms with Crippen LogP contribution in [-0.2, 0) is 19.5 Å². The summed E-state index contributed by atoms with van der Waals surface area (Å²) in [6.45, 7) is 2.32. The number of nitrogens with zero attached hydrogens (tertiary/aromatic N) is 5. The highest BCUT2D eigenvalue weighted by Crippen LogP contribution is 2.52. The fraction of sp³-hybridized carbons (Fsp3) is 0.0909. The van der Waals surface area contributed by atoms with Crippen LogP contribution in [0.3, 0.4) is 0 Å². The summed E-state index contributed by atoms with van der Waals surface area (Å²) in [6.07, 6.45) is 0. The van der Waals surface area contributed by atoms with Crippen LogP contribution in [0, 0.1) is 0 Å². The van der Waals surface area contributed by atoms with Crippen molar-refractivity contribution in [2.45, 2.75) is 12.3 Å². The van der Waals surface area contributed by atoms with Gasteiger partial charge >= 0.3 is 5.69 Å². The maximum absolute atomic E-state index is 12.7. The molecule has 0 bridgehead atoms. The van der Waals surface area contributed by atoms with Crippen LogP contribution in [0.25, 0.3) is 67.5 Å². The van der Waals surface area contributed by atoms with E-state index in [-0.39, 0.29) is 11.1 Å². The molecule has 1 atom stereocenters. The first-order valence-corrected chi connectivity index (χ1v) is 16.8. The molecule has 9 rings (SSSR count). The number of rotatable bonds is 5. The molecule has 0 radical (unpaired) electrons. The fourth-order valence-corrected chi connectivity index (χ4v) is 7.68. The topological polar surface area (TPSA) is 65.6 Å². The molecule has 0 aliphatic heterocycles. The Balaban J connectivity index is 1.17. The predicted octanol–water partition coefficient (Wildman–Crippen LogP) is 9.06. The van der Waals surface area contributed by atoms with Gasteiger partial charge in [0.05, 0.1) is 11.0 Å². The lowest BCUT2D eigenvalue weighted by molar-refractivity contribution is 0.714. The smallest absolute Gasteiger partial charge is 0.295 e. The molecule has 0 N–H and O–H groups in total. The van der Waals surface area contributed by atoms with Gasteiger partial charge in [0, 0.05) is 41.8 Å². The quantitative estimate of drug-likeness (QED) is 0.187. The standard InChI is InChI=1S/C44H33N5O/c1-44(32-15-8-5-9-16-32)36-19-11-10-17-34(36)35-27-31(25-26-37(35)44)42-46-40(29-13-6-4-7-14-29)45-41(47-42)30-23-21-28(22-24-30)33-18-12-20-38-39(33)49(3)43(50)48(38)2/h4-27H,1-3H3. The molecule has 6 nitrogen and oxygen atoms in total. The van der Waals surface area contributed by atoms with Gasteiger partial charge in [0.25, 0.3) is 0 Å². The van der Waals surface area contributed by atoms with E-state index in [4.69, 9.17) is 15.0 Å². The number of benzene rings is 6. The van der Waals surface area contributed by atoms with Gasteiger partial charge in [-0.3, -0.25) is 9.13 Å². The minimum Gasteiger partial charge on any atom is -0.295 e. The Morgan fingerprint density at radius 3 is 1.74 bits per heavy atom. The number of aryl methyl sites for hydroxylation is 2. The Hall–Kier alpha value is -6.40. The van der Waals surface area contributed by atoms with Crippen LogP contribution in [0.15, 0.2) is 150 Å². The Morgan fingerprint density at radius 2 is 1.02 bits per heavy atom. The summed E-state index contributed by atoms with van der Waals surface area (Å²) in [7, 11) is 3.63. The van der Waals surface area contributed by atoms with Crippen LogP contribution in [0.4, 0.5) is 0 Å². The van der Waals surface area contributed by atoms with Crippen molar-refractivity contribution in [2.24, 2.45) is 14.1 Å². The Morgan fingerprint density at radius 1 is 0.480 bits per heavy atom. The van der Waals surface area contributed by atoms with Crippen LogP contribution in [0.1, 0.15) is 23.6 Å². The second-order valence-electron chi connectivity index (χ2n) is 13.1. The van der Waals surface area contributed by atoms with Crippen LogP contribution in [-0.4, -0.2) is 24.1 Å². The van der Waals surface area contributed by atoms with E-state index in [1.165, 1.54) is 27.8 Å². The lowest BCUT2D eigenvalue weighted by atomic mass is 9.74. The van der Waals surface area contributed by atoms with Gasteiger partial charge in [-0.2, -0.15) is 0 Å². The van der Waals surface area contributed by atoms with Crippen molar-refractivity contribution >= 4 is 11.0 Å². The Bertz CT molecular complexity index is 2640. The van der Waals surface area contributed by atoms with Crippen LogP contribution in [0.5, 0.6) is 0 Å². The molecule has 50 heavy (non-hydrogen) atoms. The summed E-state index contributed by atoms with van der Waals surface area (Å²) < 4.78 is 3.39. The summed E-state index contributed by atoms with van der Waals surface area (Å²) in [5, 5.41) is 0. The van der Waals surface area contributed by atoms with E-state index >= 15 is 0 Å². The molecule has 2 aromatic heterocycles. The summed E-state index contributed by atoms with van der Waals surface area (Å²) >= 11 is 0. The number of aromatic nitrogens is 5. The van der Waals surface area contributed by atoms with E-state index in [1.54, 1.807) is 9.13 Å². The van der Waals surface area contributed by atoms with Crippen LogP contribution >= 0.6 is 0 Å². The molecule has 2 heterocycles. The third-order valence-electron chi connectivity index (χ3n) is 10.3. The molecule has 1 aliphatic carbocycles. The third-order valence-corrected chi connectivity index (χ3v) is 10.3. The van der Waals surface area contributed by atoms with Crippen molar-refractivity contribution in [3.05, 3.63) is 173 Å². The zero-order valence-corrected chi connectivity index (χ0v) is 28.0. The molecule has 0 fully saturated rings. The van der Waals surface area contributed by atoms with Crippen molar-refractivity contribution in [1.29, 1.82) is 0 Å². The average molecular weight is 648 g/mol. The highest BCUT2D eigenvalue weighted by atomic mass is 16.1. The third kappa shape index (κ3) is 4.49. The minimum absolute atomic E-state index is 0.0463. The van der Waals surface area contributed by atoms with E-state index in [9.17, 15) is 4.79 Å². The molecule has 1 aliphatic rings. The lowest BCUT2D eigenvalue weighted by Crippen LogP contribution is -2.22. The van der Waals surface area contributed by atoms with Gasteiger partial charge in [-0.15, -0.1) is 0 Å². The highest BCUT2D eigenvalue weighted by Gasteiger charge is 2.40. The van der Waals surface area contributed by atoms with Crippen molar-refractivity contribution in [3.63, 3.8) is 0 Å². The summed E-state index contributed by atoms with van der Waals surface area (Å²) in [6, 6.07) is 50.4. The largest absolute Gasteiger partial charge is 0.328 e. The molecule has 240 valence electrons. The van der Waals surface area contributed by atoms with E-state index in [0.717, 1.165) is 38.9 Å². The molecule has 0 spiro atoms.